The maximum absolute atomic E-state index is 11.8. The fraction of sp³-hybridized carbons (Fsp3) is 0.308. The van der Waals surface area contributed by atoms with E-state index in [2.05, 4.69) is 15.5 Å². The van der Waals surface area contributed by atoms with Gasteiger partial charge in [0.2, 0.25) is 11.0 Å². The first-order valence-corrected chi connectivity index (χ1v) is 8.26. The van der Waals surface area contributed by atoms with Crippen LogP contribution in [0.1, 0.15) is 24.8 Å². The van der Waals surface area contributed by atoms with Crippen LogP contribution in [0.25, 0.3) is 0 Å². The van der Waals surface area contributed by atoms with E-state index >= 15 is 0 Å². The van der Waals surface area contributed by atoms with Crippen molar-refractivity contribution in [2.75, 3.05) is 11.1 Å². The minimum absolute atomic E-state index is 0.0314. The number of nitro groups is 1. The normalized spacial score (nSPS) is 10.7. The molecule has 0 spiro atoms. The number of rotatable bonds is 6. The summed E-state index contributed by atoms with van der Waals surface area (Å²) in [6.07, 6.45) is 0. The SMILES string of the molecule is CC(C)c1nnc(NC(=O)CSc2ccc([N+](=O)[O-])cc2)s1. The molecule has 0 saturated heterocycles. The number of hydrogen-bond donors (Lipinski definition) is 1. The lowest BCUT2D eigenvalue weighted by molar-refractivity contribution is -0.384. The average molecular weight is 338 g/mol. The van der Waals surface area contributed by atoms with Crippen LogP contribution in [0.3, 0.4) is 0 Å². The van der Waals surface area contributed by atoms with Gasteiger partial charge >= 0.3 is 0 Å². The largest absolute Gasteiger partial charge is 0.300 e. The zero-order valence-corrected chi connectivity index (χ0v) is 13.6. The lowest BCUT2D eigenvalue weighted by atomic mass is 10.2. The summed E-state index contributed by atoms with van der Waals surface area (Å²) in [5.41, 5.74) is 0.0314. The van der Waals surface area contributed by atoms with E-state index in [1.54, 1.807) is 12.1 Å². The number of carbonyl (C=O) groups is 1. The van der Waals surface area contributed by atoms with Gasteiger partial charge < -0.3 is 0 Å². The monoisotopic (exact) mass is 338 g/mol. The number of aromatic nitrogens is 2. The van der Waals surface area contributed by atoms with Crippen molar-refractivity contribution in [1.29, 1.82) is 0 Å². The molecule has 0 unspecified atom stereocenters. The molecule has 2 aromatic rings. The molecule has 0 fully saturated rings. The van der Waals surface area contributed by atoms with E-state index in [0.717, 1.165) is 9.90 Å². The topological polar surface area (TPSA) is 98.0 Å². The molecule has 1 heterocycles. The fourth-order valence-electron chi connectivity index (χ4n) is 1.49. The van der Waals surface area contributed by atoms with Crippen LogP contribution in [0, 0.1) is 10.1 Å². The van der Waals surface area contributed by atoms with Crippen molar-refractivity contribution < 1.29 is 9.72 Å². The Morgan fingerprint density at radius 2 is 2.05 bits per heavy atom. The maximum atomic E-state index is 11.8. The molecule has 22 heavy (non-hydrogen) atoms. The smallest absolute Gasteiger partial charge is 0.269 e. The zero-order valence-electron chi connectivity index (χ0n) is 12.0. The van der Waals surface area contributed by atoms with Gasteiger partial charge in [0, 0.05) is 22.9 Å². The molecule has 0 atom stereocenters. The van der Waals surface area contributed by atoms with Crippen LogP contribution < -0.4 is 5.32 Å². The van der Waals surface area contributed by atoms with Gasteiger partial charge in [-0.25, -0.2) is 0 Å². The highest BCUT2D eigenvalue weighted by molar-refractivity contribution is 8.00. The molecule has 1 N–H and O–H groups in total. The second kappa shape index (κ2) is 7.32. The molecule has 116 valence electrons. The molecule has 0 radical (unpaired) electrons. The number of nitro benzene ring substituents is 1. The van der Waals surface area contributed by atoms with Crippen LogP contribution in [-0.2, 0) is 4.79 Å². The lowest BCUT2D eigenvalue weighted by Crippen LogP contribution is -2.13. The van der Waals surface area contributed by atoms with Crippen LogP contribution in [0.4, 0.5) is 10.8 Å². The predicted octanol–water partition coefficient (Wildman–Crippen LogP) is 3.30. The average Bonchev–Trinajstić information content (AvgIpc) is 2.94. The van der Waals surface area contributed by atoms with Crippen molar-refractivity contribution in [3.63, 3.8) is 0 Å². The minimum Gasteiger partial charge on any atom is -0.300 e. The molecule has 7 nitrogen and oxygen atoms in total. The van der Waals surface area contributed by atoms with E-state index in [4.69, 9.17) is 0 Å². The number of benzene rings is 1. The Balaban J connectivity index is 1.85. The van der Waals surface area contributed by atoms with Gasteiger partial charge in [-0.3, -0.25) is 20.2 Å². The Labute approximate surface area is 135 Å². The lowest BCUT2D eigenvalue weighted by Gasteiger charge is -2.01. The maximum Gasteiger partial charge on any atom is 0.269 e. The second-order valence-corrected chi connectivity index (χ2v) is 6.75. The van der Waals surface area contributed by atoms with E-state index in [1.807, 2.05) is 13.8 Å². The Hall–Kier alpha value is -2.00. The number of non-ortho nitro benzene ring substituents is 1. The quantitative estimate of drug-likeness (QED) is 0.493. The number of carbonyl (C=O) groups excluding carboxylic acids is 1. The van der Waals surface area contributed by atoms with Gasteiger partial charge in [-0.15, -0.1) is 22.0 Å². The van der Waals surface area contributed by atoms with Crippen LogP contribution in [0.15, 0.2) is 29.2 Å². The highest BCUT2D eigenvalue weighted by atomic mass is 32.2. The molecule has 0 saturated carbocycles. The highest BCUT2D eigenvalue weighted by Gasteiger charge is 2.11. The Morgan fingerprint density at radius 1 is 1.36 bits per heavy atom. The van der Waals surface area contributed by atoms with Crippen LogP contribution in [0.2, 0.25) is 0 Å². The van der Waals surface area contributed by atoms with E-state index in [1.165, 1.54) is 35.2 Å². The summed E-state index contributed by atoms with van der Waals surface area (Å²) in [4.78, 5) is 22.7. The van der Waals surface area contributed by atoms with Gasteiger partial charge in [0.25, 0.3) is 5.69 Å². The molecule has 0 aliphatic carbocycles. The van der Waals surface area contributed by atoms with Crippen molar-refractivity contribution in [2.24, 2.45) is 0 Å². The summed E-state index contributed by atoms with van der Waals surface area (Å²) >= 11 is 2.66. The number of nitrogens with one attached hydrogen (secondary N) is 1. The van der Waals surface area contributed by atoms with Gasteiger partial charge in [0.1, 0.15) is 5.01 Å². The highest BCUT2D eigenvalue weighted by Crippen LogP contribution is 2.24. The second-order valence-electron chi connectivity index (χ2n) is 4.69. The fourth-order valence-corrected chi connectivity index (χ4v) is 2.95. The molecule has 9 heteroatoms. The first kappa shape index (κ1) is 16.4. The van der Waals surface area contributed by atoms with Crippen LogP contribution in [-0.4, -0.2) is 26.8 Å². The van der Waals surface area contributed by atoms with Gasteiger partial charge in [0.15, 0.2) is 0 Å². The van der Waals surface area contributed by atoms with Gasteiger partial charge in [-0.2, -0.15) is 0 Å². The van der Waals surface area contributed by atoms with Gasteiger partial charge in [-0.05, 0) is 12.1 Å². The molecule has 0 aliphatic rings. The zero-order chi connectivity index (χ0) is 16.1. The molecule has 2 rings (SSSR count). The standard InChI is InChI=1S/C13H14N4O3S2/c1-8(2)12-15-16-13(22-12)14-11(18)7-21-10-5-3-9(4-6-10)17(19)20/h3-6,8H,7H2,1-2H3,(H,14,16,18). The first-order valence-electron chi connectivity index (χ1n) is 6.46. The molecule has 0 bridgehead atoms. The number of anilines is 1. The summed E-state index contributed by atoms with van der Waals surface area (Å²) in [6, 6.07) is 6.08. The van der Waals surface area contributed by atoms with E-state index in [0.29, 0.717) is 5.13 Å². The predicted molar refractivity (Wildman–Crippen MR) is 86.4 cm³/mol. The van der Waals surface area contributed by atoms with Crippen LogP contribution in [0.5, 0.6) is 0 Å². The van der Waals surface area contributed by atoms with Crippen molar-refractivity contribution in [3.8, 4) is 0 Å². The Morgan fingerprint density at radius 3 is 2.59 bits per heavy atom. The Bertz CT molecular complexity index is 670. The van der Waals surface area contributed by atoms with Crippen molar-refractivity contribution in [3.05, 3.63) is 39.4 Å². The third kappa shape index (κ3) is 4.50. The van der Waals surface area contributed by atoms with E-state index < -0.39 is 4.92 Å². The summed E-state index contributed by atoms with van der Waals surface area (Å²) in [5.74, 6) is 0.293. The number of thioether (sulfide) groups is 1. The van der Waals surface area contributed by atoms with E-state index in [-0.39, 0.29) is 23.3 Å². The summed E-state index contributed by atoms with van der Waals surface area (Å²) < 4.78 is 0. The molecule has 1 aromatic heterocycles. The minimum atomic E-state index is -0.455. The Kier molecular flexibility index (Phi) is 5.45. The molecule has 1 aromatic carbocycles. The van der Waals surface area contributed by atoms with Crippen molar-refractivity contribution in [1.82, 2.24) is 10.2 Å². The van der Waals surface area contributed by atoms with Crippen LogP contribution >= 0.6 is 23.1 Å². The van der Waals surface area contributed by atoms with Crippen molar-refractivity contribution >= 4 is 39.8 Å². The first-order chi connectivity index (χ1) is 10.5. The summed E-state index contributed by atoms with van der Waals surface area (Å²) in [7, 11) is 0. The third-order valence-corrected chi connectivity index (χ3v) is 4.75. The van der Waals surface area contributed by atoms with Gasteiger partial charge in [-0.1, -0.05) is 25.2 Å². The third-order valence-electron chi connectivity index (χ3n) is 2.60. The van der Waals surface area contributed by atoms with Gasteiger partial charge in [0.05, 0.1) is 10.7 Å². The van der Waals surface area contributed by atoms with E-state index in [9.17, 15) is 14.9 Å². The molecule has 0 aliphatic heterocycles. The molecule has 1 amide bonds. The number of nitrogens with zero attached hydrogens (tertiary/aromatic N) is 3. The summed E-state index contributed by atoms with van der Waals surface area (Å²) in [6.45, 7) is 4.02. The molecular weight excluding hydrogens is 324 g/mol. The number of amides is 1. The molecular formula is C13H14N4O3S2. The number of hydrogen-bond acceptors (Lipinski definition) is 7. The van der Waals surface area contributed by atoms with Crippen molar-refractivity contribution in [2.45, 2.75) is 24.7 Å². The summed E-state index contributed by atoms with van der Waals surface area (Å²) in [5, 5.41) is 22.5.